The first-order chi connectivity index (χ1) is 9.79. The van der Waals surface area contributed by atoms with Gasteiger partial charge < -0.3 is 9.73 Å². The third kappa shape index (κ3) is 1.95. The van der Waals surface area contributed by atoms with Gasteiger partial charge in [0.2, 0.25) is 0 Å². The molecule has 6 nitrogen and oxygen atoms in total. The van der Waals surface area contributed by atoms with Crippen LogP contribution < -0.4 is 5.32 Å². The number of carbonyl (C=O) groups excluding carboxylic acids is 1. The van der Waals surface area contributed by atoms with Gasteiger partial charge in [0.05, 0.1) is 11.8 Å². The Kier molecular flexibility index (Phi) is 2.35. The lowest BCUT2D eigenvalue weighted by molar-refractivity contribution is 0.102. The summed E-state index contributed by atoms with van der Waals surface area (Å²) in [5, 5.41) is 9.17. The number of aromatic amines is 1. The predicted octanol–water partition coefficient (Wildman–Crippen LogP) is 2.68. The first-order valence-electron chi connectivity index (χ1n) is 6.50. The number of fused-ring (bicyclic) bond motifs is 1. The van der Waals surface area contributed by atoms with Crippen LogP contribution in [0.4, 0.5) is 5.69 Å². The number of benzene rings is 1. The maximum atomic E-state index is 11.9. The van der Waals surface area contributed by atoms with Gasteiger partial charge in [-0.1, -0.05) is 0 Å². The molecule has 1 amide bonds. The van der Waals surface area contributed by atoms with Crippen LogP contribution >= 0.6 is 0 Å². The Morgan fingerprint density at radius 1 is 1.40 bits per heavy atom. The Morgan fingerprint density at radius 3 is 3.05 bits per heavy atom. The highest BCUT2D eigenvalue weighted by atomic mass is 16.3. The molecule has 1 fully saturated rings. The van der Waals surface area contributed by atoms with Gasteiger partial charge >= 0.3 is 0 Å². The smallest absolute Gasteiger partial charge is 0.258 e. The molecule has 6 heteroatoms. The number of H-pyrrole nitrogens is 1. The molecule has 100 valence electrons. The molecule has 0 bridgehead atoms. The predicted molar refractivity (Wildman–Crippen MR) is 72.5 cm³/mol. The second kappa shape index (κ2) is 4.19. The van der Waals surface area contributed by atoms with Gasteiger partial charge in [0.15, 0.2) is 11.5 Å². The zero-order valence-electron chi connectivity index (χ0n) is 10.6. The Balaban J connectivity index is 1.61. The molecular formula is C14H12N4O2. The van der Waals surface area contributed by atoms with Crippen molar-refractivity contribution in [3.05, 3.63) is 42.0 Å². The number of carbonyl (C=O) groups is 1. The topological polar surface area (TPSA) is 83.8 Å². The average Bonchev–Trinajstić information content (AvgIpc) is 3.00. The van der Waals surface area contributed by atoms with Crippen LogP contribution in [0.1, 0.15) is 35.0 Å². The minimum atomic E-state index is -0.205. The molecule has 2 heterocycles. The number of oxazole rings is 1. The minimum absolute atomic E-state index is 0.205. The Hall–Kier alpha value is -2.63. The van der Waals surface area contributed by atoms with E-state index in [1.165, 1.54) is 6.20 Å². The summed E-state index contributed by atoms with van der Waals surface area (Å²) in [4.78, 5) is 16.4. The number of hydrogen-bond acceptors (Lipinski definition) is 4. The van der Waals surface area contributed by atoms with Crippen molar-refractivity contribution in [2.24, 2.45) is 0 Å². The fourth-order valence-corrected chi connectivity index (χ4v) is 2.11. The molecule has 0 unspecified atom stereocenters. The van der Waals surface area contributed by atoms with Gasteiger partial charge in [-0.15, -0.1) is 0 Å². The van der Waals surface area contributed by atoms with Crippen LogP contribution in [0.2, 0.25) is 0 Å². The Labute approximate surface area is 114 Å². The number of amides is 1. The van der Waals surface area contributed by atoms with Gasteiger partial charge in [0.25, 0.3) is 5.91 Å². The van der Waals surface area contributed by atoms with E-state index in [0.29, 0.717) is 17.2 Å². The molecule has 20 heavy (non-hydrogen) atoms. The van der Waals surface area contributed by atoms with E-state index in [0.717, 1.165) is 29.8 Å². The highest BCUT2D eigenvalue weighted by Gasteiger charge is 2.28. The fourth-order valence-electron chi connectivity index (χ4n) is 2.11. The summed E-state index contributed by atoms with van der Waals surface area (Å²) in [5.74, 6) is 1.08. The molecule has 1 aliphatic rings. The zero-order chi connectivity index (χ0) is 13.5. The van der Waals surface area contributed by atoms with Gasteiger partial charge in [-0.3, -0.25) is 9.89 Å². The summed E-state index contributed by atoms with van der Waals surface area (Å²) in [7, 11) is 0. The van der Waals surface area contributed by atoms with E-state index < -0.39 is 0 Å². The molecule has 1 aromatic carbocycles. The summed E-state index contributed by atoms with van der Waals surface area (Å²) in [6.45, 7) is 0. The standard InChI is InChI=1S/C14H12N4O2/c19-13(9-6-15-16-7-9)17-10-3-4-12-11(5-10)18-14(20-12)8-1-2-8/h3-8H,1-2H2,(H,15,16)(H,17,19). The van der Waals surface area contributed by atoms with Crippen molar-refractivity contribution in [3.63, 3.8) is 0 Å². The molecule has 1 aliphatic carbocycles. The molecule has 0 spiro atoms. The molecule has 0 saturated heterocycles. The molecule has 0 radical (unpaired) electrons. The van der Waals surface area contributed by atoms with Crippen LogP contribution in [0.3, 0.4) is 0 Å². The molecule has 3 aromatic rings. The van der Waals surface area contributed by atoms with Crippen LogP contribution in [-0.4, -0.2) is 21.1 Å². The molecule has 2 aromatic heterocycles. The van der Waals surface area contributed by atoms with Crippen LogP contribution in [0.25, 0.3) is 11.1 Å². The van der Waals surface area contributed by atoms with Crippen LogP contribution in [0.15, 0.2) is 35.0 Å². The number of hydrogen-bond donors (Lipinski definition) is 2. The molecule has 1 saturated carbocycles. The maximum Gasteiger partial charge on any atom is 0.258 e. The second-order valence-electron chi connectivity index (χ2n) is 4.95. The van der Waals surface area contributed by atoms with E-state index >= 15 is 0 Å². The Bertz CT molecular complexity index is 772. The van der Waals surface area contributed by atoms with Crippen molar-refractivity contribution >= 4 is 22.7 Å². The van der Waals surface area contributed by atoms with Crippen LogP contribution in [0, 0.1) is 0 Å². The lowest BCUT2D eigenvalue weighted by Crippen LogP contribution is -2.10. The summed E-state index contributed by atoms with van der Waals surface area (Å²) in [6.07, 6.45) is 5.33. The highest BCUT2D eigenvalue weighted by Crippen LogP contribution is 2.40. The van der Waals surface area contributed by atoms with Crippen molar-refractivity contribution in [1.29, 1.82) is 0 Å². The monoisotopic (exact) mass is 268 g/mol. The van der Waals surface area contributed by atoms with Crippen molar-refractivity contribution in [2.75, 3.05) is 5.32 Å². The summed E-state index contributed by atoms with van der Waals surface area (Å²) in [6, 6.07) is 5.46. The van der Waals surface area contributed by atoms with Crippen molar-refractivity contribution in [1.82, 2.24) is 15.2 Å². The maximum absolute atomic E-state index is 11.9. The summed E-state index contributed by atoms with van der Waals surface area (Å²) < 4.78 is 5.69. The second-order valence-corrected chi connectivity index (χ2v) is 4.95. The average molecular weight is 268 g/mol. The van der Waals surface area contributed by atoms with Crippen molar-refractivity contribution in [2.45, 2.75) is 18.8 Å². The van der Waals surface area contributed by atoms with E-state index in [-0.39, 0.29) is 5.91 Å². The molecule has 0 atom stereocenters. The lowest BCUT2D eigenvalue weighted by atomic mass is 10.2. The third-order valence-corrected chi connectivity index (χ3v) is 3.35. The largest absolute Gasteiger partial charge is 0.440 e. The van der Waals surface area contributed by atoms with Gasteiger partial charge in [-0.2, -0.15) is 5.10 Å². The third-order valence-electron chi connectivity index (χ3n) is 3.35. The van der Waals surface area contributed by atoms with Gasteiger partial charge in [0, 0.05) is 17.8 Å². The SMILES string of the molecule is O=C(Nc1ccc2oc(C3CC3)nc2c1)c1cn[nH]c1. The van der Waals surface area contributed by atoms with E-state index in [9.17, 15) is 4.79 Å². The van der Waals surface area contributed by atoms with Gasteiger partial charge in [-0.05, 0) is 31.0 Å². The first-order valence-corrected chi connectivity index (χ1v) is 6.50. The van der Waals surface area contributed by atoms with E-state index in [4.69, 9.17) is 4.42 Å². The highest BCUT2D eigenvalue weighted by molar-refractivity contribution is 6.04. The van der Waals surface area contributed by atoms with Crippen LogP contribution in [0.5, 0.6) is 0 Å². The number of aromatic nitrogens is 3. The molecule has 4 rings (SSSR count). The summed E-state index contributed by atoms with van der Waals surface area (Å²) >= 11 is 0. The van der Waals surface area contributed by atoms with E-state index in [2.05, 4.69) is 20.5 Å². The quantitative estimate of drug-likeness (QED) is 0.764. The zero-order valence-corrected chi connectivity index (χ0v) is 10.6. The van der Waals surface area contributed by atoms with Crippen LogP contribution in [-0.2, 0) is 0 Å². The van der Waals surface area contributed by atoms with E-state index in [1.54, 1.807) is 6.20 Å². The van der Waals surface area contributed by atoms with E-state index in [1.807, 2.05) is 18.2 Å². The molecular weight excluding hydrogens is 256 g/mol. The first kappa shape index (κ1) is 11.2. The van der Waals surface area contributed by atoms with Gasteiger partial charge in [0.1, 0.15) is 5.52 Å². The molecule has 2 N–H and O–H groups in total. The number of nitrogens with one attached hydrogen (secondary N) is 2. The molecule has 0 aliphatic heterocycles. The van der Waals surface area contributed by atoms with Gasteiger partial charge in [-0.25, -0.2) is 4.98 Å². The summed E-state index contributed by atoms with van der Waals surface area (Å²) in [5.41, 5.74) is 2.72. The number of anilines is 1. The fraction of sp³-hybridized carbons (Fsp3) is 0.214. The number of rotatable bonds is 3. The minimum Gasteiger partial charge on any atom is -0.440 e. The Morgan fingerprint density at radius 2 is 2.30 bits per heavy atom. The van der Waals surface area contributed by atoms with Crippen molar-refractivity contribution in [3.8, 4) is 0 Å². The van der Waals surface area contributed by atoms with Crippen molar-refractivity contribution < 1.29 is 9.21 Å². The lowest BCUT2D eigenvalue weighted by Gasteiger charge is -2.02. The number of nitrogens with zero attached hydrogens (tertiary/aromatic N) is 2. The normalized spacial score (nSPS) is 14.6.